The van der Waals surface area contributed by atoms with E-state index in [0.29, 0.717) is 32.4 Å². The Labute approximate surface area is 149 Å². The molecule has 0 saturated heterocycles. The van der Waals surface area contributed by atoms with Crippen LogP contribution in [0.5, 0.6) is 0 Å². The monoisotopic (exact) mass is 360 g/mol. The van der Waals surface area contributed by atoms with Crippen molar-refractivity contribution < 1.29 is 9.59 Å². The number of amides is 2. The Morgan fingerprint density at radius 3 is 2.38 bits per heavy atom. The molecule has 1 aliphatic rings. The maximum Gasteiger partial charge on any atom is 0.319 e. The predicted octanol–water partition coefficient (Wildman–Crippen LogP) is 4.50. The lowest BCUT2D eigenvalue weighted by Crippen LogP contribution is -2.45. The molecule has 0 aliphatic carbocycles. The molecule has 122 valence electrons. The molecule has 1 aliphatic heterocycles. The van der Waals surface area contributed by atoms with Gasteiger partial charge in [0, 0.05) is 26.9 Å². The first kappa shape index (κ1) is 16.6. The fraction of sp³-hybridized carbons (Fsp3) is 0.111. The van der Waals surface area contributed by atoms with Crippen LogP contribution in [0.1, 0.15) is 28.9 Å². The van der Waals surface area contributed by atoms with Crippen LogP contribution in [-0.4, -0.2) is 11.8 Å². The molecule has 1 unspecified atom stereocenters. The van der Waals surface area contributed by atoms with E-state index in [1.165, 1.54) is 0 Å². The number of benzene rings is 2. The van der Waals surface area contributed by atoms with Crippen molar-refractivity contribution in [3.8, 4) is 0 Å². The highest BCUT2D eigenvalue weighted by molar-refractivity contribution is 6.31. The van der Waals surface area contributed by atoms with Gasteiger partial charge in [0.25, 0.3) is 0 Å². The van der Waals surface area contributed by atoms with E-state index in [-0.39, 0.29) is 11.8 Å². The van der Waals surface area contributed by atoms with E-state index in [2.05, 4.69) is 10.6 Å². The number of nitrogens with one attached hydrogen (secondary N) is 2. The average Bonchev–Trinajstić information content (AvgIpc) is 2.55. The average molecular weight is 361 g/mol. The molecule has 0 saturated carbocycles. The summed E-state index contributed by atoms with van der Waals surface area (Å²) < 4.78 is 0. The molecule has 3 rings (SSSR count). The largest absolute Gasteiger partial charge is 0.327 e. The van der Waals surface area contributed by atoms with Gasteiger partial charge in [-0.05, 0) is 42.8 Å². The van der Waals surface area contributed by atoms with Gasteiger partial charge in [0.05, 0.1) is 6.04 Å². The molecule has 4 nitrogen and oxygen atoms in total. The minimum absolute atomic E-state index is 0.193. The molecular formula is C18H14Cl2N2O2. The Hall–Kier alpha value is -2.30. The molecule has 0 bridgehead atoms. The molecule has 24 heavy (non-hydrogen) atoms. The molecule has 0 radical (unpaired) electrons. The van der Waals surface area contributed by atoms with Gasteiger partial charge in [0.15, 0.2) is 5.78 Å². The molecule has 1 heterocycles. The highest BCUT2D eigenvalue weighted by atomic mass is 35.5. The maximum absolute atomic E-state index is 13.0. The zero-order valence-corrected chi connectivity index (χ0v) is 14.3. The third kappa shape index (κ3) is 3.16. The second-order valence-electron chi connectivity index (χ2n) is 5.43. The number of allylic oxidation sites excluding steroid dienone is 1. The zero-order chi connectivity index (χ0) is 17.3. The van der Waals surface area contributed by atoms with E-state index < -0.39 is 6.04 Å². The summed E-state index contributed by atoms with van der Waals surface area (Å²) in [6.07, 6.45) is 0. The summed E-state index contributed by atoms with van der Waals surface area (Å²) in [6, 6.07) is 12.8. The Morgan fingerprint density at radius 1 is 1.04 bits per heavy atom. The zero-order valence-electron chi connectivity index (χ0n) is 12.8. The number of ketones is 1. The number of carbonyl (C=O) groups excluding carboxylic acids is 2. The Kier molecular flexibility index (Phi) is 4.60. The van der Waals surface area contributed by atoms with E-state index in [0.717, 1.165) is 0 Å². The van der Waals surface area contributed by atoms with Gasteiger partial charge in [-0.2, -0.15) is 0 Å². The number of rotatable bonds is 3. The lowest BCUT2D eigenvalue weighted by molar-refractivity contribution is 0.102. The van der Waals surface area contributed by atoms with Gasteiger partial charge in [-0.1, -0.05) is 41.4 Å². The molecular weight excluding hydrogens is 347 g/mol. The minimum atomic E-state index is -0.615. The third-order valence-electron chi connectivity index (χ3n) is 3.84. The first-order chi connectivity index (χ1) is 11.5. The Morgan fingerprint density at radius 2 is 1.71 bits per heavy atom. The van der Waals surface area contributed by atoms with Crippen molar-refractivity contribution in [3.63, 3.8) is 0 Å². The summed E-state index contributed by atoms with van der Waals surface area (Å²) in [5.74, 6) is -0.193. The van der Waals surface area contributed by atoms with Crippen molar-refractivity contribution >= 4 is 35.0 Å². The number of hydrogen-bond donors (Lipinski definition) is 2. The Balaban J connectivity index is 2.09. The molecule has 0 spiro atoms. The van der Waals surface area contributed by atoms with Gasteiger partial charge in [-0.3, -0.25) is 4.79 Å². The lowest BCUT2D eigenvalue weighted by atomic mass is 9.89. The SMILES string of the molecule is CC1=C(C(=O)c2ccc(Cl)cc2)C(c2ccccc2Cl)NC(=O)N1. The predicted molar refractivity (Wildman–Crippen MR) is 94.3 cm³/mol. The van der Waals surface area contributed by atoms with Crippen molar-refractivity contribution in [1.29, 1.82) is 0 Å². The van der Waals surface area contributed by atoms with Crippen molar-refractivity contribution in [3.05, 3.63) is 81.0 Å². The third-order valence-corrected chi connectivity index (χ3v) is 4.43. The number of urea groups is 1. The van der Waals surface area contributed by atoms with E-state index >= 15 is 0 Å². The summed E-state index contributed by atoms with van der Waals surface area (Å²) in [5.41, 5.74) is 2.11. The summed E-state index contributed by atoms with van der Waals surface area (Å²) >= 11 is 12.2. The van der Waals surface area contributed by atoms with Crippen molar-refractivity contribution in [1.82, 2.24) is 10.6 Å². The van der Waals surface area contributed by atoms with Gasteiger partial charge in [0.2, 0.25) is 0 Å². The fourth-order valence-corrected chi connectivity index (χ4v) is 3.06. The van der Waals surface area contributed by atoms with Crippen LogP contribution in [0.4, 0.5) is 4.79 Å². The van der Waals surface area contributed by atoms with Crippen LogP contribution in [0, 0.1) is 0 Å². The van der Waals surface area contributed by atoms with Crippen LogP contribution in [0.15, 0.2) is 59.8 Å². The van der Waals surface area contributed by atoms with Crippen LogP contribution < -0.4 is 10.6 Å². The molecule has 2 aromatic carbocycles. The van der Waals surface area contributed by atoms with Crippen LogP contribution in [0.25, 0.3) is 0 Å². The first-order valence-electron chi connectivity index (χ1n) is 7.30. The standard InChI is InChI=1S/C18H14Cl2N2O2/c1-10-15(17(23)11-6-8-12(19)9-7-11)16(22-18(24)21-10)13-4-2-3-5-14(13)20/h2-9,16H,1H3,(H2,21,22,24). The minimum Gasteiger partial charge on any atom is -0.327 e. The van der Waals surface area contributed by atoms with E-state index in [1.807, 2.05) is 6.07 Å². The summed E-state index contributed by atoms with van der Waals surface area (Å²) in [7, 11) is 0. The van der Waals surface area contributed by atoms with Crippen LogP contribution in [0.2, 0.25) is 10.0 Å². The summed E-state index contributed by atoms with van der Waals surface area (Å²) in [4.78, 5) is 24.9. The smallest absolute Gasteiger partial charge is 0.319 e. The summed E-state index contributed by atoms with van der Waals surface area (Å²) in [5, 5.41) is 6.46. The maximum atomic E-state index is 13.0. The van der Waals surface area contributed by atoms with Crippen molar-refractivity contribution in [2.75, 3.05) is 0 Å². The number of Topliss-reactive ketones (excluding diaryl/α,β-unsaturated/α-hetero) is 1. The molecule has 2 amide bonds. The normalized spacial score (nSPS) is 17.3. The number of hydrogen-bond acceptors (Lipinski definition) is 2. The molecule has 2 N–H and O–H groups in total. The van der Waals surface area contributed by atoms with Crippen LogP contribution in [-0.2, 0) is 0 Å². The van der Waals surface area contributed by atoms with Crippen molar-refractivity contribution in [2.45, 2.75) is 13.0 Å². The molecule has 1 atom stereocenters. The molecule has 0 fully saturated rings. The van der Waals surface area contributed by atoms with Crippen LogP contribution in [0.3, 0.4) is 0 Å². The summed E-state index contributed by atoms with van der Waals surface area (Å²) in [6.45, 7) is 1.70. The van der Waals surface area contributed by atoms with Gasteiger partial charge >= 0.3 is 6.03 Å². The highest BCUT2D eigenvalue weighted by Gasteiger charge is 2.32. The van der Waals surface area contributed by atoms with Gasteiger partial charge < -0.3 is 10.6 Å². The molecule has 6 heteroatoms. The van der Waals surface area contributed by atoms with Gasteiger partial charge in [-0.25, -0.2) is 4.79 Å². The van der Waals surface area contributed by atoms with Crippen molar-refractivity contribution in [2.24, 2.45) is 0 Å². The van der Waals surface area contributed by atoms with E-state index in [1.54, 1.807) is 49.4 Å². The van der Waals surface area contributed by atoms with Gasteiger partial charge in [0.1, 0.15) is 0 Å². The quantitative estimate of drug-likeness (QED) is 0.791. The first-order valence-corrected chi connectivity index (χ1v) is 8.06. The topological polar surface area (TPSA) is 58.2 Å². The van der Waals surface area contributed by atoms with Gasteiger partial charge in [-0.15, -0.1) is 0 Å². The second-order valence-corrected chi connectivity index (χ2v) is 6.27. The fourth-order valence-electron chi connectivity index (χ4n) is 2.69. The second kappa shape index (κ2) is 6.67. The lowest BCUT2D eigenvalue weighted by Gasteiger charge is -2.29. The number of halogens is 2. The van der Waals surface area contributed by atoms with E-state index in [9.17, 15) is 9.59 Å². The van der Waals surface area contributed by atoms with E-state index in [4.69, 9.17) is 23.2 Å². The molecule has 2 aromatic rings. The number of carbonyl (C=O) groups is 2. The van der Waals surface area contributed by atoms with Crippen LogP contribution >= 0.6 is 23.2 Å². The Bertz CT molecular complexity index is 844. The highest BCUT2D eigenvalue weighted by Crippen LogP contribution is 2.33. The molecule has 0 aromatic heterocycles.